The molecule has 0 aromatic heterocycles. The van der Waals surface area contributed by atoms with Gasteiger partial charge < -0.3 is 9.94 Å². The Hall–Kier alpha value is -1.40. The Morgan fingerprint density at radius 3 is 2.57 bits per heavy atom. The molecule has 0 aromatic carbocycles. The van der Waals surface area contributed by atoms with Crippen LogP contribution in [-0.4, -0.2) is 35.0 Å². The van der Waals surface area contributed by atoms with Gasteiger partial charge in [-0.1, -0.05) is 0 Å². The summed E-state index contributed by atoms with van der Waals surface area (Å²) in [6, 6.07) is 0. The molecule has 0 saturated carbocycles. The van der Waals surface area contributed by atoms with Gasteiger partial charge in [0.05, 0.1) is 7.11 Å². The molecule has 0 radical (unpaired) electrons. The van der Waals surface area contributed by atoms with E-state index in [4.69, 9.17) is 5.26 Å². The van der Waals surface area contributed by atoms with Gasteiger partial charge in [0.15, 0.2) is 6.21 Å². The van der Waals surface area contributed by atoms with Crippen LogP contribution in [0.5, 0.6) is 0 Å². The maximum absolute atomic E-state index is 11.1. The van der Waals surface area contributed by atoms with Crippen molar-refractivity contribution in [3.05, 3.63) is 17.4 Å². The van der Waals surface area contributed by atoms with Crippen LogP contribution in [0.4, 0.5) is 0 Å². The zero-order valence-corrected chi connectivity index (χ0v) is 8.26. The molecule has 14 heavy (non-hydrogen) atoms. The average molecular weight is 203 g/mol. The van der Waals surface area contributed by atoms with Crippen molar-refractivity contribution in [2.45, 2.75) is 19.6 Å². The summed E-state index contributed by atoms with van der Waals surface area (Å²) in [6.45, 7) is 2.73. The number of methoxy groups -OCH3 is 1. The number of nitrogens with zero attached hydrogens (tertiary/aromatic N) is 1. The fourth-order valence-electron chi connectivity index (χ4n) is 0.488. The van der Waals surface area contributed by atoms with E-state index in [0.29, 0.717) is 4.74 Å². The third kappa shape index (κ3) is 4.01. The van der Waals surface area contributed by atoms with E-state index >= 15 is 0 Å². The number of allylic oxidation sites excluding steroid dienone is 1. The highest BCUT2D eigenvalue weighted by molar-refractivity contribution is 5.86. The van der Waals surface area contributed by atoms with Gasteiger partial charge in [0.1, 0.15) is 0 Å². The smallest absolute Gasteiger partial charge is 0.330 e. The van der Waals surface area contributed by atoms with Crippen LogP contribution in [-0.2, 0) is 14.4 Å². The fourth-order valence-corrected chi connectivity index (χ4v) is 0.488. The fraction of sp³-hybridized carbons (Fsp3) is 0.500. The van der Waals surface area contributed by atoms with E-state index < -0.39 is 11.7 Å². The molecule has 0 rings (SSSR count). The second-order valence-electron chi connectivity index (χ2n) is 2.90. The molecule has 0 bridgehead atoms. The van der Waals surface area contributed by atoms with Gasteiger partial charge in [-0.05, 0) is 0 Å². The molecule has 0 spiro atoms. The Morgan fingerprint density at radius 2 is 2.14 bits per heavy atom. The summed E-state index contributed by atoms with van der Waals surface area (Å²) < 4.78 is 4.65. The highest BCUT2D eigenvalue weighted by Crippen LogP contribution is 2.06. The molecule has 80 valence electrons. The number of esters is 1. The largest absolute Gasteiger partial charge is 0.622 e. The van der Waals surface area contributed by atoms with Gasteiger partial charge in [-0.2, -0.15) is 9.63 Å². The molecule has 0 unspecified atom stereocenters. The van der Waals surface area contributed by atoms with Gasteiger partial charge in [-0.25, -0.2) is 10.1 Å². The minimum absolute atomic E-state index is 0.354. The summed E-state index contributed by atoms with van der Waals surface area (Å²) in [5, 5.41) is 19.5. The lowest BCUT2D eigenvalue weighted by Gasteiger charge is -2.18. The third-order valence-corrected chi connectivity index (χ3v) is 1.41. The summed E-state index contributed by atoms with van der Waals surface area (Å²) in [7, 11) is 1.22. The normalized spacial score (nSPS) is 13.3. The maximum Gasteiger partial charge on any atom is 0.330 e. The van der Waals surface area contributed by atoms with Crippen LogP contribution in [0.2, 0.25) is 0 Å². The summed E-state index contributed by atoms with van der Waals surface area (Å²) in [4.78, 5) is 14.5. The van der Waals surface area contributed by atoms with E-state index in [0.717, 1.165) is 12.3 Å². The number of rotatable bonds is 4. The number of ether oxygens (including phenoxy) is 1. The molecule has 0 amide bonds. The molecule has 0 fully saturated rings. The number of hydrogen-bond donors (Lipinski definition) is 1. The molecule has 6 nitrogen and oxygen atoms in total. The van der Waals surface area contributed by atoms with Crippen LogP contribution >= 0.6 is 0 Å². The molecule has 0 aromatic rings. The number of hydrogen-bond acceptors (Lipinski definition) is 5. The van der Waals surface area contributed by atoms with Crippen molar-refractivity contribution in [1.29, 1.82) is 0 Å². The van der Waals surface area contributed by atoms with E-state index in [1.54, 1.807) is 0 Å². The molecule has 0 saturated heterocycles. The van der Waals surface area contributed by atoms with Crippen LogP contribution in [0.25, 0.3) is 0 Å². The third-order valence-electron chi connectivity index (χ3n) is 1.41. The quantitative estimate of drug-likeness (QED) is 0.105. The standard InChI is InChI=1S/C8H13NO5/c1-8(2,14-12)9(11)6-4-5-7(10)13-3/h4-6,12H,1-3H3/b5-4-,9-6-. The van der Waals surface area contributed by atoms with Crippen molar-refractivity contribution >= 4 is 12.2 Å². The van der Waals surface area contributed by atoms with Gasteiger partial charge in [0.2, 0.25) is 0 Å². The van der Waals surface area contributed by atoms with Gasteiger partial charge in [-0.3, -0.25) is 0 Å². The minimum atomic E-state index is -1.39. The van der Waals surface area contributed by atoms with Crippen LogP contribution in [0.15, 0.2) is 12.2 Å². The van der Waals surface area contributed by atoms with Gasteiger partial charge in [0, 0.05) is 26.0 Å². The molecular formula is C8H13NO5. The molecule has 0 aliphatic rings. The maximum atomic E-state index is 11.1. The Labute approximate surface area is 81.6 Å². The first-order chi connectivity index (χ1) is 6.44. The lowest BCUT2D eigenvalue weighted by Crippen LogP contribution is -2.35. The van der Waals surface area contributed by atoms with E-state index in [2.05, 4.69) is 9.62 Å². The Morgan fingerprint density at radius 1 is 1.57 bits per heavy atom. The summed E-state index contributed by atoms with van der Waals surface area (Å²) in [5.41, 5.74) is -1.39. The zero-order valence-electron chi connectivity index (χ0n) is 8.26. The molecule has 6 heteroatoms. The van der Waals surface area contributed by atoms with Crippen molar-refractivity contribution in [1.82, 2.24) is 0 Å². The first-order valence-electron chi connectivity index (χ1n) is 3.82. The first-order valence-corrected chi connectivity index (χ1v) is 3.82. The molecular weight excluding hydrogens is 190 g/mol. The average Bonchev–Trinajstić information content (AvgIpc) is 2.17. The molecule has 0 aliphatic carbocycles. The number of carbonyl (C=O) groups is 1. The van der Waals surface area contributed by atoms with Crippen LogP contribution in [0.3, 0.4) is 0 Å². The van der Waals surface area contributed by atoms with E-state index in [1.165, 1.54) is 27.0 Å². The summed E-state index contributed by atoms with van der Waals surface area (Å²) in [5.74, 6) is -0.572. The zero-order chi connectivity index (χ0) is 11.2. The van der Waals surface area contributed by atoms with E-state index in [9.17, 15) is 10.0 Å². The van der Waals surface area contributed by atoms with Crippen LogP contribution in [0, 0.1) is 5.21 Å². The predicted octanol–water partition coefficient (Wildman–Crippen LogP) is 0.522. The Bertz CT molecular complexity index is 256. The first kappa shape index (κ1) is 12.6. The van der Waals surface area contributed by atoms with Crippen LogP contribution in [0.1, 0.15) is 13.8 Å². The van der Waals surface area contributed by atoms with Crippen molar-refractivity contribution in [2.24, 2.45) is 0 Å². The van der Waals surface area contributed by atoms with Crippen molar-refractivity contribution < 1.29 is 24.4 Å². The summed E-state index contributed by atoms with van der Waals surface area (Å²) >= 11 is 0. The molecule has 0 aliphatic heterocycles. The van der Waals surface area contributed by atoms with Crippen LogP contribution < -0.4 is 0 Å². The van der Waals surface area contributed by atoms with Crippen molar-refractivity contribution in [2.75, 3.05) is 7.11 Å². The lowest BCUT2D eigenvalue weighted by atomic mass is 10.3. The summed E-state index contributed by atoms with van der Waals surface area (Å²) in [6.07, 6.45) is 3.30. The number of hydroxylamine groups is 1. The van der Waals surface area contributed by atoms with E-state index in [-0.39, 0.29) is 0 Å². The number of carbonyl (C=O) groups excluding carboxylic acids is 1. The Kier molecular flexibility index (Phi) is 4.82. The van der Waals surface area contributed by atoms with Gasteiger partial charge in [0.25, 0.3) is 5.72 Å². The minimum Gasteiger partial charge on any atom is -0.622 e. The highest BCUT2D eigenvalue weighted by Gasteiger charge is 2.26. The monoisotopic (exact) mass is 203 g/mol. The molecule has 0 heterocycles. The second-order valence-corrected chi connectivity index (χ2v) is 2.90. The Balaban J connectivity index is 4.40. The topological polar surface area (TPSA) is 81.8 Å². The molecule has 0 atom stereocenters. The van der Waals surface area contributed by atoms with Gasteiger partial charge >= 0.3 is 5.97 Å². The van der Waals surface area contributed by atoms with Gasteiger partial charge in [-0.15, -0.1) is 0 Å². The highest BCUT2D eigenvalue weighted by atomic mass is 17.1. The van der Waals surface area contributed by atoms with E-state index in [1.807, 2.05) is 0 Å². The second kappa shape index (κ2) is 5.36. The van der Waals surface area contributed by atoms with Crippen molar-refractivity contribution in [3.63, 3.8) is 0 Å². The lowest BCUT2D eigenvalue weighted by molar-refractivity contribution is -0.642. The predicted molar refractivity (Wildman–Crippen MR) is 48.6 cm³/mol. The SMILES string of the molecule is COC(=O)/C=C\C=[N+](/[O-])C(C)(C)OO. The van der Waals surface area contributed by atoms with Crippen molar-refractivity contribution in [3.8, 4) is 0 Å². The molecule has 1 N–H and O–H groups in total.